The second-order valence-corrected chi connectivity index (χ2v) is 6.76. The number of aliphatic hydroxyl groups excluding tert-OH is 2. The molecular weight excluding hydrogens is 440 g/mol. The molecule has 130 valence electrons. The van der Waals surface area contributed by atoms with Crippen LogP contribution in [0.1, 0.15) is 0 Å². The van der Waals surface area contributed by atoms with Gasteiger partial charge in [-0.1, -0.05) is 0 Å². The highest BCUT2D eigenvalue weighted by Crippen LogP contribution is 2.25. The van der Waals surface area contributed by atoms with Crippen molar-refractivity contribution >= 4 is 44.7 Å². The zero-order valence-electron chi connectivity index (χ0n) is 13.0. The first-order chi connectivity index (χ1) is 12.0. The Labute approximate surface area is 156 Å². The molecular formula is C17H15FIN3O3. The second-order valence-electron chi connectivity index (χ2n) is 5.51. The first kappa shape index (κ1) is 17.8. The third-order valence-corrected chi connectivity index (χ3v) is 4.37. The molecule has 8 heteroatoms. The fraction of sp³-hybridized carbons (Fsp3) is 0.176. The monoisotopic (exact) mass is 455 g/mol. The molecule has 1 aromatic carbocycles. The summed E-state index contributed by atoms with van der Waals surface area (Å²) in [4.78, 5) is 16.8. The van der Waals surface area contributed by atoms with Crippen LogP contribution in [0.3, 0.4) is 0 Å². The minimum absolute atomic E-state index is 0.0368. The molecule has 3 rings (SSSR count). The number of nitrogens with zero attached hydrogens (tertiary/aromatic N) is 2. The standard InChI is InChI=1S/C17H15FIN3O3/c18-13-5-11(19)1-2-14(13)21-15-7-20-6-10-3-4-22(8-12(24)9-23)17(25)16(10)15/h1-7,12,21,23-24H,8-9H2/t12-/m0/s1. The van der Waals surface area contributed by atoms with Crippen LogP contribution >= 0.6 is 22.6 Å². The van der Waals surface area contributed by atoms with E-state index in [0.29, 0.717) is 16.5 Å². The molecule has 0 aliphatic carbocycles. The zero-order chi connectivity index (χ0) is 18.0. The summed E-state index contributed by atoms with van der Waals surface area (Å²) in [6, 6.07) is 6.41. The molecule has 0 aliphatic rings. The van der Waals surface area contributed by atoms with Crippen molar-refractivity contribution in [2.45, 2.75) is 12.6 Å². The Morgan fingerprint density at radius 2 is 2.08 bits per heavy atom. The van der Waals surface area contributed by atoms with Crippen molar-refractivity contribution in [1.29, 1.82) is 0 Å². The average Bonchev–Trinajstić information content (AvgIpc) is 2.59. The van der Waals surface area contributed by atoms with Crippen LogP contribution in [-0.2, 0) is 6.54 Å². The van der Waals surface area contributed by atoms with Gasteiger partial charge < -0.3 is 20.1 Å². The lowest BCUT2D eigenvalue weighted by Gasteiger charge is -2.13. The van der Waals surface area contributed by atoms with Gasteiger partial charge in [0.25, 0.3) is 5.56 Å². The Bertz CT molecular complexity index is 977. The predicted molar refractivity (Wildman–Crippen MR) is 101 cm³/mol. The summed E-state index contributed by atoms with van der Waals surface area (Å²) in [5, 5.41) is 22.4. The predicted octanol–water partition coefficient (Wildman–Crippen LogP) is 2.24. The van der Waals surface area contributed by atoms with Crippen molar-refractivity contribution in [3.8, 4) is 0 Å². The minimum Gasteiger partial charge on any atom is -0.394 e. The minimum atomic E-state index is -1.04. The highest BCUT2D eigenvalue weighted by Gasteiger charge is 2.12. The lowest BCUT2D eigenvalue weighted by Crippen LogP contribution is -2.28. The van der Waals surface area contributed by atoms with E-state index in [2.05, 4.69) is 10.3 Å². The van der Waals surface area contributed by atoms with Crippen LogP contribution in [0.5, 0.6) is 0 Å². The van der Waals surface area contributed by atoms with Gasteiger partial charge in [-0.15, -0.1) is 0 Å². The molecule has 1 atom stereocenters. The van der Waals surface area contributed by atoms with Gasteiger partial charge in [0.1, 0.15) is 5.82 Å². The average molecular weight is 455 g/mol. The summed E-state index contributed by atoms with van der Waals surface area (Å²) >= 11 is 2.01. The van der Waals surface area contributed by atoms with Crippen LogP contribution in [0.25, 0.3) is 10.8 Å². The van der Waals surface area contributed by atoms with Crippen molar-refractivity contribution in [2.75, 3.05) is 11.9 Å². The molecule has 0 aliphatic heterocycles. The summed E-state index contributed by atoms with van der Waals surface area (Å²) in [6.45, 7) is -0.481. The normalized spacial score (nSPS) is 12.3. The fourth-order valence-electron chi connectivity index (χ4n) is 2.48. The van der Waals surface area contributed by atoms with Gasteiger partial charge in [-0.2, -0.15) is 0 Å². The third kappa shape index (κ3) is 3.80. The Kier molecular flexibility index (Phi) is 5.30. The van der Waals surface area contributed by atoms with Crippen molar-refractivity contribution in [2.24, 2.45) is 0 Å². The molecule has 0 unspecified atom stereocenters. The lowest BCUT2D eigenvalue weighted by atomic mass is 10.2. The summed E-state index contributed by atoms with van der Waals surface area (Å²) < 4.78 is 16.2. The Morgan fingerprint density at radius 3 is 2.80 bits per heavy atom. The number of hydrogen-bond donors (Lipinski definition) is 3. The summed E-state index contributed by atoms with van der Waals surface area (Å²) in [6.07, 6.45) is 3.48. The van der Waals surface area contributed by atoms with Crippen molar-refractivity contribution in [3.63, 3.8) is 0 Å². The van der Waals surface area contributed by atoms with E-state index in [4.69, 9.17) is 5.11 Å². The molecule has 0 saturated heterocycles. The Hall–Kier alpha value is -2.04. The molecule has 0 fully saturated rings. The van der Waals surface area contributed by atoms with Crippen molar-refractivity contribution in [1.82, 2.24) is 9.55 Å². The molecule has 0 amide bonds. The van der Waals surface area contributed by atoms with E-state index >= 15 is 0 Å². The molecule has 0 radical (unpaired) electrons. The second kappa shape index (κ2) is 7.46. The van der Waals surface area contributed by atoms with E-state index < -0.39 is 18.5 Å². The van der Waals surface area contributed by atoms with E-state index in [0.717, 1.165) is 3.57 Å². The van der Waals surface area contributed by atoms with Crippen molar-refractivity contribution in [3.05, 3.63) is 62.6 Å². The van der Waals surface area contributed by atoms with E-state index in [1.54, 1.807) is 24.4 Å². The van der Waals surface area contributed by atoms with Gasteiger partial charge in [0, 0.05) is 21.4 Å². The number of nitrogens with one attached hydrogen (secondary N) is 1. The van der Waals surface area contributed by atoms with Gasteiger partial charge in [0.15, 0.2) is 0 Å². The molecule has 3 N–H and O–H groups in total. The summed E-state index contributed by atoms with van der Waals surface area (Å²) in [7, 11) is 0. The maximum Gasteiger partial charge on any atom is 0.260 e. The maximum absolute atomic E-state index is 14.1. The fourth-order valence-corrected chi connectivity index (χ4v) is 2.94. The van der Waals surface area contributed by atoms with Gasteiger partial charge in [0.05, 0.1) is 42.2 Å². The number of pyridine rings is 2. The number of hydrogen-bond acceptors (Lipinski definition) is 5. The van der Waals surface area contributed by atoms with Crippen LogP contribution < -0.4 is 10.9 Å². The van der Waals surface area contributed by atoms with Gasteiger partial charge in [0.2, 0.25) is 0 Å². The summed E-state index contributed by atoms with van der Waals surface area (Å²) in [5.41, 5.74) is 0.246. The number of aliphatic hydroxyl groups is 2. The first-order valence-corrected chi connectivity index (χ1v) is 8.55. The number of aromatic nitrogens is 2. The van der Waals surface area contributed by atoms with Crippen molar-refractivity contribution < 1.29 is 14.6 Å². The molecule has 25 heavy (non-hydrogen) atoms. The first-order valence-electron chi connectivity index (χ1n) is 7.47. The molecule has 0 spiro atoms. The van der Waals surface area contributed by atoms with Crippen LogP contribution in [0.4, 0.5) is 15.8 Å². The third-order valence-electron chi connectivity index (χ3n) is 3.70. The largest absolute Gasteiger partial charge is 0.394 e. The van der Waals surface area contributed by atoms with Gasteiger partial charge >= 0.3 is 0 Å². The van der Waals surface area contributed by atoms with Crippen LogP contribution in [0.2, 0.25) is 0 Å². The molecule has 6 nitrogen and oxygen atoms in total. The van der Waals surface area contributed by atoms with E-state index in [1.807, 2.05) is 22.6 Å². The zero-order valence-corrected chi connectivity index (χ0v) is 15.1. The number of anilines is 2. The molecule has 0 saturated carbocycles. The Morgan fingerprint density at radius 1 is 1.28 bits per heavy atom. The van der Waals surface area contributed by atoms with Gasteiger partial charge in [-0.05, 0) is 46.9 Å². The highest BCUT2D eigenvalue weighted by molar-refractivity contribution is 14.1. The SMILES string of the molecule is O=c1c2c(Nc3ccc(I)cc3F)cncc2ccn1C[C@H](O)CO. The Balaban J connectivity index is 2.08. The number of benzene rings is 1. The van der Waals surface area contributed by atoms with Gasteiger partial charge in [-0.25, -0.2) is 4.39 Å². The molecule has 2 aromatic heterocycles. The number of halogens is 2. The number of fused-ring (bicyclic) bond motifs is 1. The van der Waals surface area contributed by atoms with E-state index in [1.165, 1.54) is 23.0 Å². The van der Waals surface area contributed by atoms with Crippen LogP contribution in [0.15, 0.2) is 47.7 Å². The van der Waals surface area contributed by atoms with Crippen LogP contribution in [-0.4, -0.2) is 32.5 Å². The maximum atomic E-state index is 14.1. The molecule has 0 bridgehead atoms. The number of rotatable bonds is 5. The smallest absolute Gasteiger partial charge is 0.260 e. The lowest BCUT2D eigenvalue weighted by molar-refractivity contribution is 0.0805. The molecule has 3 aromatic rings. The quantitative estimate of drug-likeness (QED) is 0.514. The van der Waals surface area contributed by atoms with E-state index in [9.17, 15) is 14.3 Å². The van der Waals surface area contributed by atoms with Crippen LogP contribution in [0, 0.1) is 9.39 Å². The van der Waals surface area contributed by atoms with E-state index in [-0.39, 0.29) is 17.8 Å². The molecule has 2 heterocycles. The topological polar surface area (TPSA) is 87.4 Å². The highest BCUT2D eigenvalue weighted by atomic mass is 127. The van der Waals surface area contributed by atoms with Gasteiger partial charge in [-0.3, -0.25) is 9.78 Å². The summed E-state index contributed by atoms with van der Waals surface area (Å²) in [5.74, 6) is -0.434.